The number of amides is 1. The predicted octanol–water partition coefficient (Wildman–Crippen LogP) is 2.75. The fourth-order valence-electron chi connectivity index (χ4n) is 6.69. The van der Waals surface area contributed by atoms with Crippen molar-refractivity contribution in [1.29, 1.82) is 0 Å². The summed E-state index contributed by atoms with van der Waals surface area (Å²) in [5.74, 6) is -6.51. The van der Waals surface area contributed by atoms with E-state index in [4.69, 9.17) is 5.73 Å². The average Bonchev–Trinajstić information content (AvgIpc) is 2.86. The van der Waals surface area contributed by atoms with E-state index < -0.39 is 58.0 Å². The SMILES string of the molecule is CC(C)c1cc(-c2ccccc2)c(O)c2c1C[C@H]1C[C@H]3[C@H](N(C)C)C(=O)C(C(N)=O)=C(O)[C@@]3(O)C(=O)C1=C2O. The Labute approximate surface area is 225 Å². The lowest BCUT2D eigenvalue weighted by Crippen LogP contribution is -2.65. The fourth-order valence-corrected chi connectivity index (χ4v) is 6.69. The number of phenols is 1. The number of benzene rings is 2. The molecule has 0 radical (unpaired) electrons. The molecule has 6 N–H and O–H groups in total. The lowest BCUT2D eigenvalue weighted by Gasteiger charge is -2.50. The van der Waals surface area contributed by atoms with Crippen LogP contribution in [0.5, 0.6) is 5.75 Å². The molecule has 0 heterocycles. The monoisotopic (exact) mass is 532 g/mol. The number of aliphatic hydroxyl groups excluding tert-OH is 2. The van der Waals surface area contributed by atoms with Gasteiger partial charge in [0, 0.05) is 17.1 Å². The number of aromatic hydroxyl groups is 1. The second kappa shape index (κ2) is 9.07. The predicted molar refractivity (Wildman–Crippen MR) is 144 cm³/mol. The van der Waals surface area contributed by atoms with Crippen molar-refractivity contribution >= 4 is 23.2 Å². The summed E-state index contributed by atoms with van der Waals surface area (Å²) in [6.45, 7) is 4.00. The number of phenolic OH excluding ortho intramolecular Hbond substituents is 1. The standard InChI is InChI=1S/C30H32N2O7/c1-13(2)16-12-17(14-8-6-5-7-9-14)24(33)21-18(16)10-15-11-19-23(32(3)4)26(35)22(29(31)38)28(37)30(19,39)27(36)20(15)25(21)34/h5-9,12-13,15,19,23,33-34,37,39H,10-11H2,1-4H3,(H2,31,38)/t15-,19-,23-,30-/m0/s1. The smallest absolute Gasteiger partial charge is 0.255 e. The van der Waals surface area contributed by atoms with Crippen LogP contribution in [0.3, 0.4) is 0 Å². The summed E-state index contributed by atoms with van der Waals surface area (Å²) in [5.41, 5.74) is 4.64. The quantitative estimate of drug-likeness (QED) is 0.376. The minimum Gasteiger partial charge on any atom is -0.508 e. The summed E-state index contributed by atoms with van der Waals surface area (Å²) in [5, 5.41) is 45.8. The van der Waals surface area contributed by atoms with Gasteiger partial charge in [-0.25, -0.2) is 0 Å². The van der Waals surface area contributed by atoms with Crippen LogP contribution < -0.4 is 5.73 Å². The molecular formula is C30H32N2O7. The van der Waals surface area contributed by atoms with Crippen molar-refractivity contribution in [3.8, 4) is 16.9 Å². The first-order chi connectivity index (χ1) is 18.3. The Morgan fingerprint density at radius 3 is 2.31 bits per heavy atom. The molecule has 0 aliphatic heterocycles. The molecule has 204 valence electrons. The first-order valence-corrected chi connectivity index (χ1v) is 12.9. The highest BCUT2D eigenvalue weighted by Crippen LogP contribution is 2.54. The van der Waals surface area contributed by atoms with Gasteiger partial charge in [-0.05, 0) is 61.5 Å². The summed E-state index contributed by atoms with van der Waals surface area (Å²) in [6.07, 6.45) is 0.329. The molecule has 0 bridgehead atoms. The van der Waals surface area contributed by atoms with Crippen LogP contribution in [0.15, 0.2) is 53.3 Å². The van der Waals surface area contributed by atoms with Gasteiger partial charge in [0.15, 0.2) is 11.4 Å². The molecule has 9 nitrogen and oxygen atoms in total. The van der Waals surface area contributed by atoms with E-state index in [0.29, 0.717) is 11.1 Å². The van der Waals surface area contributed by atoms with E-state index in [1.54, 1.807) is 14.1 Å². The van der Waals surface area contributed by atoms with Crippen molar-refractivity contribution in [1.82, 2.24) is 4.90 Å². The second-order valence-electron chi connectivity index (χ2n) is 11.2. The van der Waals surface area contributed by atoms with Crippen LogP contribution >= 0.6 is 0 Å². The van der Waals surface area contributed by atoms with Crippen molar-refractivity contribution in [3.63, 3.8) is 0 Å². The van der Waals surface area contributed by atoms with Crippen molar-refractivity contribution in [2.24, 2.45) is 17.6 Å². The number of likely N-dealkylation sites (N-methyl/N-ethyl adjacent to an activating group) is 1. The van der Waals surface area contributed by atoms with E-state index in [9.17, 15) is 34.8 Å². The summed E-state index contributed by atoms with van der Waals surface area (Å²) >= 11 is 0. The van der Waals surface area contributed by atoms with Crippen LogP contribution in [0.25, 0.3) is 16.9 Å². The average molecular weight is 533 g/mol. The molecule has 9 heteroatoms. The van der Waals surface area contributed by atoms with Crippen molar-refractivity contribution in [2.45, 2.75) is 44.2 Å². The zero-order chi connectivity index (χ0) is 28.5. The molecule has 0 saturated heterocycles. The first kappa shape index (κ1) is 26.6. The Morgan fingerprint density at radius 2 is 1.74 bits per heavy atom. The van der Waals surface area contributed by atoms with Gasteiger partial charge in [0.05, 0.1) is 11.6 Å². The summed E-state index contributed by atoms with van der Waals surface area (Å²) in [7, 11) is 3.15. The number of rotatable bonds is 4. The van der Waals surface area contributed by atoms with Crippen LogP contribution in [0, 0.1) is 11.8 Å². The highest BCUT2D eigenvalue weighted by atomic mass is 16.3. The van der Waals surface area contributed by atoms with Crippen molar-refractivity contribution < 1.29 is 34.8 Å². The van der Waals surface area contributed by atoms with Gasteiger partial charge in [-0.2, -0.15) is 0 Å². The Morgan fingerprint density at radius 1 is 1.10 bits per heavy atom. The van der Waals surface area contributed by atoms with Crippen molar-refractivity contribution in [2.75, 3.05) is 14.1 Å². The number of carbonyl (C=O) groups is 3. The lowest BCUT2D eigenvalue weighted by molar-refractivity contribution is -0.153. The third-order valence-corrected chi connectivity index (χ3v) is 8.46. The third kappa shape index (κ3) is 3.64. The second-order valence-corrected chi connectivity index (χ2v) is 11.2. The number of fused-ring (bicyclic) bond motifs is 3. The number of Topliss-reactive ketones (excluding diaryl/α,β-unsaturated/α-hetero) is 2. The molecule has 0 spiro atoms. The van der Waals surface area contributed by atoms with Gasteiger partial charge in [0.1, 0.15) is 22.8 Å². The third-order valence-electron chi connectivity index (χ3n) is 8.46. The molecule has 2 aromatic rings. The largest absolute Gasteiger partial charge is 0.508 e. The lowest BCUT2D eigenvalue weighted by atomic mass is 9.57. The number of aliphatic hydroxyl groups is 3. The summed E-state index contributed by atoms with van der Waals surface area (Å²) in [4.78, 5) is 40.9. The molecule has 1 amide bonds. The van der Waals surface area contributed by atoms with E-state index in [0.717, 1.165) is 11.1 Å². The van der Waals surface area contributed by atoms with Crippen LogP contribution in [0.2, 0.25) is 0 Å². The van der Waals surface area contributed by atoms with Gasteiger partial charge in [0.2, 0.25) is 5.78 Å². The Bertz CT molecular complexity index is 1490. The Kier molecular flexibility index (Phi) is 6.19. The maximum atomic E-state index is 14.0. The molecule has 3 aliphatic rings. The normalized spacial score (nSPS) is 26.6. The van der Waals surface area contributed by atoms with Gasteiger partial charge in [-0.1, -0.05) is 44.2 Å². The number of carbonyl (C=O) groups excluding carboxylic acids is 3. The Hall–Kier alpha value is -3.95. The molecule has 0 aromatic heterocycles. The molecule has 39 heavy (non-hydrogen) atoms. The first-order valence-electron chi connectivity index (χ1n) is 12.9. The summed E-state index contributed by atoms with van der Waals surface area (Å²) in [6, 6.07) is 9.95. The minimum atomic E-state index is -2.65. The number of hydrogen-bond donors (Lipinski definition) is 5. The maximum absolute atomic E-state index is 14.0. The molecule has 3 aliphatic carbocycles. The minimum absolute atomic E-state index is 0.0169. The molecule has 1 fully saturated rings. The van der Waals surface area contributed by atoms with Crippen molar-refractivity contribution in [3.05, 3.63) is 70.0 Å². The fraction of sp³-hybridized carbons (Fsp3) is 0.367. The number of primary amides is 1. The van der Waals surface area contributed by atoms with Gasteiger partial charge >= 0.3 is 0 Å². The zero-order valence-corrected chi connectivity index (χ0v) is 22.2. The van der Waals surface area contributed by atoms with E-state index in [2.05, 4.69) is 0 Å². The van der Waals surface area contributed by atoms with Crippen LogP contribution in [0.1, 0.15) is 42.9 Å². The van der Waals surface area contributed by atoms with Gasteiger partial charge < -0.3 is 26.2 Å². The van der Waals surface area contributed by atoms with Gasteiger partial charge in [-0.3, -0.25) is 19.3 Å². The maximum Gasteiger partial charge on any atom is 0.255 e. The van der Waals surface area contributed by atoms with E-state index in [1.807, 2.05) is 50.2 Å². The highest BCUT2D eigenvalue weighted by Gasteiger charge is 2.64. The Balaban J connectivity index is 1.78. The van der Waals surface area contributed by atoms with Gasteiger partial charge in [-0.15, -0.1) is 0 Å². The van der Waals surface area contributed by atoms with Crippen LogP contribution in [0.4, 0.5) is 0 Å². The number of ketones is 2. The topological polar surface area (TPSA) is 161 Å². The molecule has 5 rings (SSSR count). The molecular weight excluding hydrogens is 500 g/mol. The van der Waals surface area contributed by atoms with E-state index in [-0.39, 0.29) is 35.6 Å². The zero-order valence-electron chi connectivity index (χ0n) is 22.2. The molecule has 0 unspecified atom stereocenters. The van der Waals surface area contributed by atoms with Crippen LogP contribution in [-0.2, 0) is 20.8 Å². The van der Waals surface area contributed by atoms with E-state index in [1.165, 1.54) is 4.90 Å². The summed E-state index contributed by atoms with van der Waals surface area (Å²) < 4.78 is 0. The molecule has 1 saturated carbocycles. The molecule has 2 aromatic carbocycles. The number of nitrogens with zero attached hydrogens (tertiary/aromatic N) is 1. The molecule has 4 atom stereocenters. The number of hydrogen-bond acceptors (Lipinski definition) is 8. The van der Waals surface area contributed by atoms with E-state index >= 15 is 0 Å². The number of nitrogens with two attached hydrogens (primary N) is 1. The van der Waals surface area contributed by atoms with Crippen LogP contribution in [-0.4, -0.2) is 68.5 Å². The highest BCUT2D eigenvalue weighted by molar-refractivity contribution is 6.24. The van der Waals surface area contributed by atoms with Gasteiger partial charge in [0.25, 0.3) is 5.91 Å².